The Morgan fingerprint density at radius 3 is 2.35 bits per heavy atom. The Balaban J connectivity index is 1.97. The van der Waals surface area contributed by atoms with Gasteiger partial charge in [0.2, 0.25) is 0 Å². The van der Waals surface area contributed by atoms with Gasteiger partial charge < -0.3 is 5.32 Å². The number of rotatable bonds is 3. The first-order valence-electron chi connectivity index (χ1n) is 6.59. The minimum Gasteiger partial charge on any atom is -0.307 e. The van der Waals surface area contributed by atoms with E-state index in [2.05, 4.69) is 66.3 Å². The predicted molar refractivity (Wildman–Crippen MR) is 77.0 cm³/mol. The van der Waals surface area contributed by atoms with Crippen LogP contribution in [-0.4, -0.2) is 6.04 Å². The van der Waals surface area contributed by atoms with Gasteiger partial charge in [-0.3, -0.25) is 0 Å². The fourth-order valence-corrected chi connectivity index (χ4v) is 3.03. The molecule has 0 bridgehead atoms. The normalized spacial score (nSPS) is 30.5. The molecule has 1 aromatic rings. The number of benzene rings is 1. The Bertz CT molecular complexity index is 360. The van der Waals surface area contributed by atoms with Gasteiger partial charge in [-0.15, -0.1) is 0 Å². The van der Waals surface area contributed by atoms with Gasteiger partial charge in [-0.1, -0.05) is 41.9 Å². The van der Waals surface area contributed by atoms with Crippen molar-refractivity contribution in [3.8, 4) is 0 Å². The third kappa shape index (κ3) is 3.11. The van der Waals surface area contributed by atoms with Crippen molar-refractivity contribution in [3.63, 3.8) is 0 Å². The average Bonchev–Trinajstić information content (AvgIpc) is 2.62. The Labute approximate surface area is 113 Å². The van der Waals surface area contributed by atoms with Crippen molar-refractivity contribution in [1.29, 1.82) is 0 Å². The van der Waals surface area contributed by atoms with Gasteiger partial charge in [0.05, 0.1) is 0 Å². The van der Waals surface area contributed by atoms with Crippen LogP contribution in [0.4, 0.5) is 0 Å². The largest absolute Gasteiger partial charge is 0.307 e. The lowest BCUT2D eigenvalue weighted by Crippen LogP contribution is -2.34. The number of hydrogen-bond donors (Lipinski definition) is 1. The van der Waals surface area contributed by atoms with Gasteiger partial charge in [-0.25, -0.2) is 0 Å². The zero-order valence-corrected chi connectivity index (χ0v) is 12.5. The lowest BCUT2D eigenvalue weighted by atomic mass is 9.96. The van der Waals surface area contributed by atoms with Crippen molar-refractivity contribution < 1.29 is 0 Å². The smallest absolute Gasteiger partial charge is 0.0294 e. The van der Waals surface area contributed by atoms with Crippen LogP contribution in [0.1, 0.15) is 45.2 Å². The molecule has 1 aliphatic carbocycles. The highest BCUT2D eigenvalue weighted by Crippen LogP contribution is 2.32. The van der Waals surface area contributed by atoms with Crippen LogP contribution in [0.3, 0.4) is 0 Å². The topological polar surface area (TPSA) is 12.0 Å². The summed E-state index contributed by atoms with van der Waals surface area (Å²) in [4.78, 5) is 0. The Kier molecular flexibility index (Phi) is 4.26. The first-order valence-corrected chi connectivity index (χ1v) is 7.38. The summed E-state index contributed by atoms with van der Waals surface area (Å²) in [6.07, 6.45) is 2.69. The molecule has 4 unspecified atom stereocenters. The molecule has 0 aromatic heterocycles. The quantitative estimate of drug-likeness (QED) is 0.864. The van der Waals surface area contributed by atoms with Crippen molar-refractivity contribution in [2.45, 2.75) is 45.7 Å². The Morgan fingerprint density at radius 1 is 1.18 bits per heavy atom. The first-order chi connectivity index (χ1) is 8.08. The van der Waals surface area contributed by atoms with Crippen LogP contribution in [0.2, 0.25) is 0 Å². The summed E-state index contributed by atoms with van der Waals surface area (Å²) >= 11 is 3.48. The van der Waals surface area contributed by atoms with Crippen LogP contribution in [0, 0.1) is 11.8 Å². The summed E-state index contributed by atoms with van der Waals surface area (Å²) < 4.78 is 1.15. The molecule has 4 atom stereocenters. The van der Waals surface area contributed by atoms with Gasteiger partial charge in [-0.05, 0) is 49.3 Å². The minimum atomic E-state index is 0.445. The first kappa shape index (κ1) is 13.1. The number of nitrogens with one attached hydrogen (secondary N) is 1. The van der Waals surface area contributed by atoms with Gasteiger partial charge in [0, 0.05) is 16.6 Å². The molecule has 0 spiro atoms. The molecule has 2 heteroatoms. The van der Waals surface area contributed by atoms with E-state index in [0.29, 0.717) is 12.1 Å². The van der Waals surface area contributed by atoms with Crippen molar-refractivity contribution in [3.05, 3.63) is 34.3 Å². The molecule has 1 fully saturated rings. The minimum absolute atomic E-state index is 0.445. The van der Waals surface area contributed by atoms with Crippen molar-refractivity contribution in [1.82, 2.24) is 5.32 Å². The summed E-state index contributed by atoms with van der Waals surface area (Å²) in [5, 5.41) is 3.78. The maximum Gasteiger partial charge on any atom is 0.0294 e. The Hall–Kier alpha value is -0.340. The molecule has 0 heterocycles. The van der Waals surface area contributed by atoms with Gasteiger partial charge in [-0.2, -0.15) is 0 Å². The van der Waals surface area contributed by atoms with Crippen molar-refractivity contribution in [2.24, 2.45) is 11.8 Å². The zero-order valence-electron chi connectivity index (χ0n) is 10.9. The number of hydrogen-bond acceptors (Lipinski definition) is 1. The number of halogens is 1. The van der Waals surface area contributed by atoms with E-state index in [1.54, 1.807) is 0 Å². The SMILES string of the molecule is CC(NC1CCC(C)C1C)c1ccc(Br)cc1. The fourth-order valence-electron chi connectivity index (χ4n) is 2.77. The van der Waals surface area contributed by atoms with Crippen LogP contribution < -0.4 is 5.32 Å². The van der Waals surface area contributed by atoms with E-state index in [1.165, 1.54) is 18.4 Å². The maximum absolute atomic E-state index is 3.78. The van der Waals surface area contributed by atoms with E-state index in [9.17, 15) is 0 Å². The van der Waals surface area contributed by atoms with E-state index in [1.807, 2.05) is 0 Å². The Morgan fingerprint density at radius 2 is 1.82 bits per heavy atom. The third-order valence-electron chi connectivity index (χ3n) is 4.30. The van der Waals surface area contributed by atoms with E-state index < -0.39 is 0 Å². The van der Waals surface area contributed by atoms with E-state index in [4.69, 9.17) is 0 Å². The monoisotopic (exact) mass is 295 g/mol. The molecule has 2 rings (SSSR count). The molecular weight excluding hydrogens is 274 g/mol. The van der Waals surface area contributed by atoms with E-state index in [-0.39, 0.29) is 0 Å². The molecule has 0 aliphatic heterocycles. The highest BCUT2D eigenvalue weighted by molar-refractivity contribution is 9.10. The summed E-state index contributed by atoms with van der Waals surface area (Å²) in [6, 6.07) is 9.77. The highest BCUT2D eigenvalue weighted by atomic mass is 79.9. The fraction of sp³-hybridized carbons (Fsp3) is 0.600. The van der Waals surface area contributed by atoms with Crippen molar-refractivity contribution >= 4 is 15.9 Å². The zero-order chi connectivity index (χ0) is 12.4. The average molecular weight is 296 g/mol. The molecule has 0 saturated heterocycles. The predicted octanol–water partition coefficient (Wildman–Crippen LogP) is 4.53. The molecule has 0 amide bonds. The van der Waals surface area contributed by atoms with Gasteiger partial charge in [0.25, 0.3) is 0 Å². The van der Waals surface area contributed by atoms with Crippen LogP contribution >= 0.6 is 15.9 Å². The third-order valence-corrected chi connectivity index (χ3v) is 4.83. The van der Waals surface area contributed by atoms with Crippen LogP contribution in [0.15, 0.2) is 28.7 Å². The molecule has 1 nitrogen and oxygen atoms in total. The van der Waals surface area contributed by atoms with Crippen LogP contribution in [-0.2, 0) is 0 Å². The molecule has 94 valence electrons. The van der Waals surface area contributed by atoms with Crippen LogP contribution in [0.25, 0.3) is 0 Å². The lowest BCUT2D eigenvalue weighted by Gasteiger charge is -2.24. The summed E-state index contributed by atoms with van der Waals surface area (Å²) in [5.74, 6) is 1.66. The summed E-state index contributed by atoms with van der Waals surface area (Å²) in [7, 11) is 0. The molecule has 1 N–H and O–H groups in total. The maximum atomic E-state index is 3.78. The second kappa shape index (κ2) is 5.53. The second-order valence-corrected chi connectivity index (χ2v) is 6.38. The summed E-state index contributed by atoms with van der Waals surface area (Å²) in [5.41, 5.74) is 1.37. The molecule has 1 aliphatic rings. The molecule has 1 aromatic carbocycles. The standard InChI is InChI=1S/C15H22BrN/c1-10-4-9-15(11(10)2)17-12(3)13-5-7-14(16)8-6-13/h5-8,10-12,15,17H,4,9H2,1-3H3. The van der Waals surface area contributed by atoms with Gasteiger partial charge >= 0.3 is 0 Å². The van der Waals surface area contributed by atoms with E-state index >= 15 is 0 Å². The molecular formula is C15H22BrN. The van der Waals surface area contributed by atoms with Gasteiger partial charge in [0.1, 0.15) is 0 Å². The van der Waals surface area contributed by atoms with Crippen LogP contribution in [0.5, 0.6) is 0 Å². The second-order valence-electron chi connectivity index (χ2n) is 5.46. The molecule has 1 saturated carbocycles. The molecule has 17 heavy (non-hydrogen) atoms. The molecule has 0 radical (unpaired) electrons. The van der Waals surface area contributed by atoms with E-state index in [0.717, 1.165) is 16.3 Å². The summed E-state index contributed by atoms with van der Waals surface area (Å²) in [6.45, 7) is 7.01. The highest BCUT2D eigenvalue weighted by Gasteiger charge is 2.30. The van der Waals surface area contributed by atoms with Crippen molar-refractivity contribution in [2.75, 3.05) is 0 Å². The lowest BCUT2D eigenvalue weighted by molar-refractivity contribution is 0.347. The van der Waals surface area contributed by atoms with Gasteiger partial charge in [0.15, 0.2) is 0 Å².